The van der Waals surface area contributed by atoms with Gasteiger partial charge in [0.25, 0.3) is 0 Å². The van der Waals surface area contributed by atoms with E-state index in [1.54, 1.807) is 11.8 Å². The van der Waals surface area contributed by atoms with Gasteiger partial charge in [-0.2, -0.15) is 0 Å². The lowest BCUT2D eigenvalue weighted by atomic mass is 10.1. The number of carboxylic acids is 1. The molecule has 0 bridgehead atoms. The van der Waals surface area contributed by atoms with E-state index >= 15 is 0 Å². The van der Waals surface area contributed by atoms with Gasteiger partial charge in [-0.05, 0) is 24.5 Å². The molecule has 0 aliphatic carbocycles. The number of carbonyl (C=O) groups is 2. The minimum atomic E-state index is -0.991. The predicted octanol–water partition coefficient (Wildman–Crippen LogP) is 2.26. The van der Waals surface area contributed by atoms with Gasteiger partial charge in [0.15, 0.2) is 0 Å². The standard InChI is InChI=1S/C15H20N2O3S/c1-2-5-12(14(18)19)17-15(20)16-9-11-8-10-6-3-4-7-13(10)21-11/h3-4,6-7,11-12H,2,5,8-9H2,1H3,(H,18,19)(H2,16,17,20). The fourth-order valence-electron chi connectivity index (χ4n) is 2.33. The number of thioether (sulfide) groups is 1. The number of hydrogen-bond donors (Lipinski definition) is 3. The first-order valence-electron chi connectivity index (χ1n) is 7.12. The zero-order valence-corrected chi connectivity index (χ0v) is 12.8. The Morgan fingerprint density at radius 2 is 2.19 bits per heavy atom. The molecule has 0 spiro atoms. The number of carbonyl (C=O) groups excluding carboxylic acids is 1. The van der Waals surface area contributed by atoms with E-state index in [0.29, 0.717) is 24.6 Å². The van der Waals surface area contributed by atoms with Crippen molar-refractivity contribution in [1.29, 1.82) is 0 Å². The third-order valence-electron chi connectivity index (χ3n) is 3.38. The molecule has 2 unspecified atom stereocenters. The molecule has 2 atom stereocenters. The predicted molar refractivity (Wildman–Crippen MR) is 82.7 cm³/mol. The quantitative estimate of drug-likeness (QED) is 0.753. The highest BCUT2D eigenvalue weighted by Crippen LogP contribution is 2.36. The fraction of sp³-hybridized carbons (Fsp3) is 0.467. The monoisotopic (exact) mass is 308 g/mol. The van der Waals surface area contributed by atoms with E-state index in [4.69, 9.17) is 5.11 Å². The molecule has 1 heterocycles. The number of nitrogens with one attached hydrogen (secondary N) is 2. The molecular weight excluding hydrogens is 288 g/mol. The molecule has 1 aromatic carbocycles. The van der Waals surface area contributed by atoms with Gasteiger partial charge in [0.1, 0.15) is 6.04 Å². The van der Waals surface area contributed by atoms with E-state index in [1.165, 1.54) is 10.5 Å². The van der Waals surface area contributed by atoms with Crippen molar-refractivity contribution in [3.05, 3.63) is 29.8 Å². The van der Waals surface area contributed by atoms with Crippen molar-refractivity contribution in [2.24, 2.45) is 0 Å². The van der Waals surface area contributed by atoms with Crippen LogP contribution < -0.4 is 10.6 Å². The van der Waals surface area contributed by atoms with Crippen LogP contribution in [0.15, 0.2) is 29.2 Å². The highest BCUT2D eigenvalue weighted by atomic mass is 32.2. The van der Waals surface area contributed by atoms with Gasteiger partial charge >= 0.3 is 12.0 Å². The molecule has 114 valence electrons. The van der Waals surface area contributed by atoms with Crippen LogP contribution in [-0.2, 0) is 11.2 Å². The molecule has 2 rings (SSSR count). The van der Waals surface area contributed by atoms with Gasteiger partial charge in [-0.15, -0.1) is 11.8 Å². The minimum absolute atomic E-state index is 0.308. The largest absolute Gasteiger partial charge is 0.480 e. The Morgan fingerprint density at radius 3 is 2.86 bits per heavy atom. The average molecular weight is 308 g/mol. The van der Waals surface area contributed by atoms with Crippen molar-refractivity contribution in [2.45, 2.75) is 42.4 Å². The van der Waals surface area contributed by atoms with Crippen LogP contribution >= 0.6 is 11.8 Å². The van der Waals surface area contributed by atoms with Crippen LogP contribution in [0.1, 0.15) is 25.3 Å². The Labute approximate surface area is 128 Å². The van der Waals surface area contributed by atoms with Crippen LogP contribution in [0.3, 0.4) is 0 Å². The first-order chi connectivity index (χ1) is 10.1. The lowest BCUT2D eigenvalue weighted by molar-refractivity contribution is -0.139. The molecule has 2 amide bonds. The molecule has 1 aliphatic heterocycles. The Balaban J connectivity index is 1.76. The van der Waals surface area contributed by atoms with Crippen molar-refractivity contribution < 1.29 is 14.7 Å². The van der Waals surface area contributed by atoms with Gasteiger partial charge in [0, 0.05) is 16.7 Å². The second kappa shape index (κ2) is 7.36. The summed E-state index contributed by atoms with van der Waals surface area (Å²) in [6, 6.07) is 6.99. The van der Waals surface area contributed by atoms with Gasteiger partial charge in [-0.3, -0.25) is 0 Å². The summed E-state index contributed by atoms with van der Waals surface area (Å²) in [5.74, 6) is -0.991. The molecule has 0 radical (unpaired) electrons. The number of amides is 2. The number of hydrogen-bond acceptors (Lipinski definition) is 3. The topological polar surface area (TPSA) is 78.4 Å². The lowest BCUT2D eigenvalue weighted by Gasteiger charge is -2.15. The summed E-state index contributed by atoms with van der Waals surface area (Å²) in [5.41, 5.74) is 1.31. The van der Waals surface area contributed by atoms with Gasteiger partial charge in [-0.25, -0.2) is 9.59 Å². The number of benzene rings is 1. The number of urea groups is 1. The molecule has 6 heteroatoms. The zero-order chi connectivity index (χ0) is 15.2. The van der Waals surface area contributed by atoms with E-state index in [-0.39, 0.29) is 0 Å². The Bertz CT molecular complexity index is 496. The summed E-state index contributed by atoms with van der Waals surface area (Å²) >= 11 is 1.75. The van der Waals surface area contributed by atoms with Crippen LogP contribution in [0.25, 0.3) is 0 Å². The molecule has 1 aromatic rings. The average Bonchev–Trinajstić information content (AvgIpc) is 2.87. The summed E-state index contributed by atoms with van der Waals surface area (Å²) < 4.78 is 0. The van der Waals surface area contributed by atoms with E-state index in [0.717, 1.165) is 6.42 Å². The Hall–Kier alpha value is -1.69. The van der Waals surface area contributed by atoms with Crippen molar-refractivity contribution in [2.75, 3.05) is 6.54 Å². The highest BCUT2D eigenvalue weighted by Gasteiger charge is 2.23. The van der Waals surface area contributed by atoms with Crippen molar-refractivity contribution in [3.63, 3.8) is 0 Å². The SMILES string of the molecule is CCCC(NC(=O)NCC1Cc2ccccc2S1)C(=O)O. The van der Waals surface area contributed by atoms with Crippen molar-refractivity contribution in [1.82, 2.24) is 10.6 Å². The third-order valence-corrected chi connectivity index (χ3v) is 4.70. The maximum absolute atomic E-state index is 11.8. The maximum atomic E-state index is 11.8. The Morgan fingerprint density at radius 1 is 1.43 bits per heavy atom. The van der Waals surface area contributed by atoms with E-state index in [9.17, 15) is 9.59 Å². The van der Waals surface area contributed by atoms with Gasteiger partial charge in [0.05, 0.1) is 0 Å². The molecule has 0 saturated heterocycles. The first-order valence-corrected chi connectivity index (χ1v) is 7.99. The fourth-order valence-corrected chi connectivity index (χ4v) is 3.58. The van der Waals surface area contributed by atoms with Crippen LogP contribution in [0.2, 0.25) is 0 Å². The lowest BCUT2D eigenvalue weighted by Crippen LogP contribution is -2.47. The number of aliphatic carboxylic acids is 1. The summed E-state index contributed by atoms with van der Waals surface area (Å²) in [5, 5.41) is 14.6. The van der Waals surface area contributed by atoms with Crippen LogP contribution in [-0.4, -0.2) is 34.9 Å². The zero-order valence-electron chi connectivity index (χ0n) is 12.0. The minimum Gasteiger partial charge on any atom is -0.480 e. The molecule has 1 aliphatic rings. The van der Waals surface area contributed by atoms with Crippen LogP contribution in [0.5, 0.6) is 0 Å². The van der Waals surface area contributed by atoms with E-state index < -0.39 is 18.0 Å². The summed E-state index contributed by atoms with van der Waals surface area (Å²) in [4.78, 5) is 24.0. The maximum Gasteiger partial charge on any atom is 0.326 e. The molecule has 0 aromatic heterocycles. The third kappa shape index (κ3) is 4.39. The smallest absolute Gasteiger partial charge is 0.326 e. The van der Waals surface area contributed by atoms with Gasteiger partial charge in [-0.1, -0.05) is 31.5 Å². The van der Waals surface area contributed by atoms with E-state index in [1.807, 2.05) is 19.1 Å². The Kier molecular flexibility index (Phi) is 5.50. The number of fused-ring (bicyclic) bond motifs is 1. The van der Waals surface area contributed by atoms with Crippen LogP contribution in [0.4, 0.5) is 4.79 Å². The molecular formula is C15H20N2O3S. The molecule has 21 heavy (non-hydrogen) atoms. The second-order valence-corrected chi connectivity index (χ2v) is 6.43. The van der Waals surface area contributed by atoms with E-state index in [2.05, 4.69) is 22.8 Å². The van der Waals surface area contributed by atoms with Crippen molar-refractivity contribution in [3.8, 4) is 0 Å². The van der Waals surface area contributed by atoms with Crippen LogP contribution in [0, 0.1) is 0 Å². The number of carboxylic acid groups (broad SMARTS) is 1. The molecule has 3 N–H and O–H groups in total. The summed E-state index contributed by atoms with van der Waals surface area (Å²) in [7, 11) is 0. The highest BCUT2D eigenvalue weighted by molar-refractivity contribution is 8.00. The normalized spacial score (nSPS) is 17.9. The summed E-state index contributed by atoms with van der Waals surface area (Å²) in [6.45, 7) is 2.42. The van der Waals surface area contributed by atoms with Gasteiger partial charge < -0.3 is 15.7 Å². The molecule has 0 saturated carbocycles. The summed E-state index contributed by atoms with van der Waals surface area (Å²) in [6.07, 6.45) is 2.08. The molecule has 5 nitrogen and oxygen atoms in total. The first kappa shape index (κ1) is 15.7. The number of rotatable bonds is 6. The molecule has 0 fully saturated rings. The van der Waals surface area contributed by atoms with Crippen molar-refractivity contribution >= 4 is 23.8 Å². The van der Waals surface area contributed by atoms with Gasteiger partial charge in [0.2, 0.25) is 0 Å². The second-order valence-electron chi connectivity index (χ2n) is 5.09.